The van der Waals surface area contributed by atoms with Crippen molar-refractivity contribution in [1.82, 2.24) is 10.2 Å². The predicted octanol–water partition coefficient (Wildman–Crippen LogP) is 2.55. The summed E-state index contributed by atoms with van der Waals surface area (Å²) in [4.78, 5) is 25.7. The van der Waals surface area contributed by atoms with Gasteiger partial charge >= 0.3 is 6.09 Å². The Bertz CT molecular complexity index is 322. The first kappa shape index (κ1) is 16.8. The van der Waals surface area contributed by atoms with Crippen molar-refractivity contribution in [2.45, 2.75) is 65.5 Å². The summed E-state index contributed by atoms with van der Waals surface area (Å²) < 4.78 is 5.34. The van der Waals surface area contributed by atoms with Gasteiger partial charge in [-0.3, -0.25) is 4.79 Å². The molecule has 0 aromatic heterocycles. The third kappa shape index (κ3) is 5.80. The minimum atomic E-state index is -0.475. The van der Waals surface area contributed by atoms with Crippen molar-refractivity contribution in [1.29, 1.82) is 0 Å². The number of likely N-dealkylation sites (tertiary alicyclic amines) is 1. The highest BCUT2D eigenvalue weighted by Gasteiger charge is 2.30. The quantitative estimate of drug-likeness (QED) is 0.805. The first-order valence-corrected chi connectivity index (χ1v) is 7.28. The van der Waals surface area contributed by atoms with Crippen LogP contribution in [0.5, 0.6) is 0 Å². The van der Waals surface area contributed by atoms with E-state index in [0.29, 0.717) is 25.9 Å². The molecule has 1 aliphatic heterocycles. The van der Waals surface area contributed by atoms with Gasteiger partial charge in [-0.15, -0.1) is 0 Å². The van der Waals surface area contributed by atoms with Crippen LogP contribution in [-0.4, -0.2) is 41.1 Å². The molecule has 0 aromatic rings. The maximum absolute atomic E-state index is 12.1. The van der Waals surface area contributed by atoms with Crippen LogP contribution in [0.25, 0.3) is 0 Å². The lowest BCUT2D eigenvalue weighted by Crippen LogP contribution is -2.48. The molecule has 1 saturated heterocycles. The van der Waals surface area contributed by atoms with Crippen LogP contribution in [0.1, 0.15) is 54.4 Å². The number of hydrogen-bond donors (Lipinski definition) is 1. The Labute approximate surface area is 122 Å². The van der Waals surface area contributed by atoms with E-state index >= 15 is 0 Å². The third-order valence-corrected chi connectivity index (χ3v) is 3.02. The standard InChI is InChI=1S/C15H28N2O3/c1-14(2,3)16-12(18)11-7-9-17(10-8-11)13(19)20-15(4,5)6/h11H,7-10H2,1-6H3,(H,16,18). The molecule has 1 heterocycles. The summed E-state index contributed by atoms with van der Waals surface area (Å²) in [5.74, 6) is 0.0780. The van der Waals surface area contributed by atoms with Crippen molar-refractivity contribution in [3.63, 3.8) is 0 Å². The van der Waals surface area contributed by atoms with Gasteiger partial charge < -0.3 is 15.0 Å². The fourth-order valence-corrected chi connectivity index (χ4v) is 2.12. The predicted molar refractivity (Wildman–Crippen MR) is 78.4 cm³/mol. The van der Waals surface area contributed by atoms with E-state index in [1.54, 1.807) is 4.90 Å². The van der Waals surface area contributed by atoms with Crippen LogP contribution < -0.4 is 5.32 Å². The lowest BCUT2D eigenvalue weighted by atomic mass is 9.95. The monoisotopic (exact) mass is 284 g/mol. The van der Waals surface area contributed by atoms with Gasteiger partial charge in [-0.25, -0.2) is 4.79 Å². The highest BCUT2D eigenvalue weighted by molar-refractivity contribution is 5.79. The smallest absolute Gasteiger partial charge is 0.410 e. The normalized spacial score (nSPS) is 17.8. The molecule has 0 bridgehead atoms. The van der Waals surface area contributed by atoms with Gasteiger partial charge in [0.25, 0.3) is 0 Å². The number of nitrogens with zero attached hydrogens (tertiary/aromatic N) is 1. The maximum Gasteiger partial charge on any atom is 0.410 e. The molecule has 2 amide bonds. The second kappa shape index (κ2) is 6.02. The van der Waals surface area contributed by atoms with Gasteiger partial charge in [-0.05, 0) is 54.4 Å². The molecule has 5 heteroatoms. The van der Waals surface area contributed by atoms with Crippen molar-refractivity contribution >= 4 is 12.0 Å². The van der Waals surface area contributed by atoms with E-state index in [-0.39, 0.29) is 23.5 Å². The summed E-state index contributed by atoms with van der Waals surface area (Å²) >= 11 is 0. The van der Waals surface area contributed by atoms with Crippen molar-refractivity contribution in [3.8, 4) is 0 Å². The van der Waals surface area contributed by atoms with E-state index in [4.69, 9.17) is 4.74 Å². The van der Waals surface area contributed by atoms with Crippen molar-refractivity contribution in [3.05, 3.63) is 0 Å². The van der Waals surface area contributed by atoms with Crippen LogP contribution in [-0.2, 0) is 9.53 Å². The minimum absolute atomic E-state index is 0.00656. The van der Waals surface area contributed by atoms with Crippen molar-refractivity contribution in [2.75, 3.05) is 13.1 Å². The van der Waals surface area contributed by atoms with E-state index in [9.17, 15) is 9.59 Å². The molecule has 0 aromatic carbocycles. The number of carbonyl (C=O) groups is 2. The molecule has 0 unspecified atom stereocenters. The molecular formula is C15H28N2O3. The van der Waals surface area contributed by atoms with Crippen LogP contribution in [0, 0.1) is 5.92 Å². The van der Waals surface area contributed by atoms with Crippen LogP contribution in [0.2, 0.25) is 0 Å². The topological polar surface area (TPSA) is 58.6 Å². The second-order valence-corrected chi connectivity index (χ2v) is 7.48. The summed E-state index contributed by atoms with van der Waals surface area (Å²) in [5.41, 5.74) is -0.684. The summed E-state index contributed by atoms with van der Waals surface area (Å²) in [6.07, 6.45) is 1.11. The zero-order chi connectivity index (χ0) is 15.6. The van der Waals surface area contributed by atoms with E-state index in [0.717, 1.165) is 0 Å². The van der Waals surface area contributed by atoms with E-state index < -0.39 is 5.60 Å². The Balaban J connectivity index is 2.44. The summed E-state index contributed by atoms with van der Waals surface area (Å²) in [7, 11) is 0. The van der Waals surface area contributed by atoms with Crippen LogP contribution in [0.3, 0.4) is 0 Å². The number of hydrogen-bond acceptors (Lipinski definition) is 3. The Kier molecular flexibility index (Phi) is 5.05. The van der Waals surface area contributed by atoms with Crippen LogP contribution >= 0.6 is 0 Å². The van der Waals surface area contributed by atoms with E-state index in [1.165, 1.54) is 0 Å². The summed E-state index contributed by atoms with van der Waals surface area (Å²) in [5, 5.41) is 3.00. The second-order valence-electron chi connectivity index (χ2n) is 7.48. The highest BCUT2D eigenvalue weighted by Crippen LogP contribution is 2.20. The van der Waals surface area contributed by atoms with Crippen LogP contribution in [0.15, 0.2) is 0 Å². The number of amides is 2. The molecule has 1 fully saturated rings. The van der Waals surface area contributed by atoms with Crippen molar-refractivity contribution < 1.29 is 14.3 Å². The fourth-order valence-electron chi connectivity index (χ4n) is 2.12. The Hall–Kier alpha value is -1.26. The first-order chi connectivity index (χ1) is 8.98. The molecule has 0 atom stereocenters. The van der Waals surface area contributed by atoms with E-state index in [1.807, 2.05) is 41.5 Å². The van der Waals surface area contributed by atoms with Gasteiger partial charge in [0.15, 0.2) is 0 Å². The van der Waals surface area contributed by atoms with Gasteiger partial charge in [0, 0.05) is 24.5 Å². The number of rotatable bonds is 1. The van der Waals surface area contributed by atoms with Gasteiger partial charge in [0.2, 0.25) is 5.91 Å². The average Bonchev–Trinajstić information content (AvgIpc) is 2.24. The number of ether oxygens (including phenoxy) is 1. The molecule has 0 radical (unpaired) electrons. The van der Waals surface area contributed by atoms with Crippen LogP contribution in [0.4, 0.5) is 4.79 Å². The number of piperidine rings is 1. The maximum atomic E-state index is 12.1. The molecule has 1 rings (SSSR count). The zero-order valence-corrected chi connectivity index (χ0v) is 13.6. The lowest BCUT2D eigenvalue weighted by Gasteiger charge is -2.34. The molecule has 0 spiro atoms. The number of nitrogens with one attached hydrogen (secondary N) is 1. The largest absolute Gasteiger partial charge is 0.444 e. The van der Waals surface area contributed by atoms with Gasteiger partial charge in [-0.2, -0.15) is 0 Å². The Morgan fingerprint density at radius 2 is 1.55 bits per heavy atom. The molecule has 0 aliphatic carbocycles. The molecule has 1 aliphatic rings. The molecule has 20 heavy (non-hydrogen) atoms. The van der Waals surface area contributed by atoms with Gasteiger partial charge in [0.1, 0.15) is 5.60 Å². The van der Waals surface area contributed by atoms with Crippen molar-refractivity contribution in [2.24, 2.45) is 5.92 Å². The molecular weight excluding hydrogens is 256 g/mol. The van der Waals surface area contributed by atoms with Gasteiger partial charge in [0.05, 0.1) is 0 Å². The zero-order valence-electron chi connectivity index (χ0n) is 13.6. The Morgan fingerprint density at radius 1 is 1.05 bits per heavy atom. The molecule has 0 saturated carbocycles. The van der Waals surface area contributed by atoms with E-state index in [2.05, 4.69) is 5.32 Å². The summed E-state index contributed by atoms with van der Waals surface area (Å²) in [6.45, 7) is 12.6. The third-order valence-electron chi connectivity index (χ3n) is 3.02. The minimum Gasteiger partial charge on any atom is -0.444 e. The number of carbonyl (C=O) groups excluding carboxylic acids is 2. The average molecular weight is 284 g/mol. The molecule has 116 valence electrons. The molecule has 5 nitrogen and oxygen atoms in total. The molecule has 1 N–H and O–H groups in total. The van der Waals surface area contributed by atoms with Gasteiger partial charge in [-0.1, -0.05) is 0 Å². The highest BCUT2D eigenvalue weighted by atomic mass is 16.6. The first-order valence-electron chi connectivity index (χ1n) is 7.28. The summed E-state index contributed by atoms with van der Waals surface area (Å²) in [6, 6.07) is 0. The SMILES string of the molecule is CC(C)(C)NC(=O)C1CCN(C(=O)OC(C)(C)C)CC1. The Morgan fingerprint density at radius 3 is 1.95 bits per heavy atom. The lowest BCUT2D eigenvalue weighted by molar-refractivity contribution is -0.127. The fraction of sp³-hybridized carbons (Fsp3) is 0.867.